The van der Waals surface area contributed by atoms with Gasteiger partial charge >= 0.3 is 0 Å². The minimum atomic E-state index is 0.0833. The van der Waals surface area contributed by atoms with Gasteiger partial charge in [0.2, 0.25) is 5.91 Å². The van der Waals surface area contributed by atoms with Crippen LogP contribution in [0.4, 0.5) is 5.13 Å². The van der Waals surface area contributed by atoms with Crippen LogP contribution in [0.25, 0.3) is 0 Å². The van der Waals surface area contributed by atoms with E-state index in [4.69, 9.17) is 0 Å². The molecule has 76 valence electrons. The highest BCUT2D eigenvalue weighted by Crippen LogP contribution is 2.30. The van der Waals surface area contributed by atoms with Crippen molar-refractivity contribution >= 4 is 22.4 Å². The Hall–Kier alpha value is -0.900. The molecule has 0 fully saturated rings. The maximum atomic E-state index is 11.3. The molecule has 0 spiro atoms. The van der Waals surface area contributed by atoms with Crippen LogP contribution in [0.15, 0.2) is 0 Å². The van der Waals surface area contributed by atoms with E-state index in [0.29, 0.717) is 6.42 Å². The molecule has 4 heteroatoms. The SMILES string of the molecule is CCCC(=O)Nc1nc2c(s1)CCC2. The van der Waals surface area contributed by atoms with Gasteiger partial charge in [0.05, 0.1) is 5.69 Å². The number of hydrogen-bond donors (Lipinski definition) is 1. The van der Waals surface area contributed by atoms with Crippen LogP contribution in [0.5, 0.6) is 0 Å². The molecule has 0 aliphatic heterocycles. The van der Waals surface area contributed by atoms with E-state index in [9.17, 15) is 4.79 Å². The lowest BCUT2D eigenvalue weighted by Gasteiger charge is -1.98. The second-order valence-electron chi connectivity index (χ2n) is 3.54. The number of aromatic nitrogens is 1. The maximum Gasteiger partial charge on any atom is 0.226 e. The van der Waals surface area contributed by atoms with Gasteiger partial charge in [0.25, 0.3) is 0 Å². The molecule has 0 saturated carbocycles. The molecule has 3 nitrogen and oxygen atoms in total. The number of anilines is 1. The van der Waals surface area contributed by atoms with E-state index in [0.717, 1.165) is 24.4 Å². The van der Waals surface area contributed by atoms with Gasteiger partial charge in [-0.05, 0) is 25.7 Å². The Kier molecular flexibility index (Phi) is 2.82. The first-order valence-corrected chi connectivity index (χ1v) is 5.89. The largest absolute Gasteiger partial charge is 0.302 e. The van der Waals surface area contributed by atoms with E-state index >= 15 is 0 Å². The van der Waals surface area contributed by atoms with Gasteiger partial charge in [-0.1, -0.05) is 6.92 Å². The standard InChI is InChI=1S/C10H14N2OS/c1-2-4-9(13)12-10-11-7-5-3-6-8(7)14-10/h2-6H2,1H3,(H,11,12,13). The van der Waals surface area contributed by atoms with Gasteiger partial charge in [-0.15, -0.1) is 11.3 Å². The van der Waals surface area contributed by atoms with E-state index < -0.39 is 0 Å². The summed E-state index contributed by atoms with van der Waals surface area (Å²) in [5.41, 5.74) is 1.20. The molecule has 1 aromatic rings. The van der Waals surface area contributed by atoms with Crippen LogP contribution >= 0.6 is 11.3 Å². The summed E-state index contributed by atoms with van der Waals surface area (Å²) in [6.07, 6.45) is 4.91. The Morgan fingerprint density at radius 1 is 1.57 bits per heavy atom. The number of nitrogens with one attached hydrogen (secondary N) is 1. The van der Waals surface area contributed by atoms with Crippen molar-refractivity contribution in [2.45, 2.75) is 39.0 Å². The first-order valence-electron chi connectivity index (χ1n) is 5.08. The summed E-state index contributed by atoms with van der Waals surface area (Å²) < 4.78 is 0. The van der Waals surface area contributed by atoms with Crippen molar-refractivity contribution in [3.8, 4) is 0 Å². The monoisotopic (exact) mass is 210 g/mol. The Balaban J connectivity index is 2.00. The van der Waals surface area contributed by atoms with E-state index in [2.05, 4.69) is 10.3 Å². The lowest BCUT2D eigenvalue weighted by Crippen LogP contribution is -2.10. The molecular weight excluding hydrogens is 196 g/mol. The van der Waals surface area contributed by atoms with Gasteiger partial charge in [-0.3, -0.25) is 4.79 Å². The summed E-state index contributed by atoms with van der Waals surface area (Å²) in [5.74, 6) is 0.0833. The van der Waals surface area contributed by atoms with E-state index in [1.165, 1.54) is 17.0 Å². The maximum absolute atomic E-state index is 11.3. The van der Waals surface area contributed by atoms with Crippen LogP contribution in [-0.4, -0.2) is 10.9 Å². The smallest absolute Gasteiger partial charge is 0.226 e. The number of nitrogens with zero attached hydrogens (tertiary/aromatic N) is 1. The summed E-state index contributed by atoms with van der Waals surface area (Å²) in [6.45, 7) is 2.00. The van der Waals surface area contributed by atoms with Gasteiger partial charge in [0.15, 0.2) is 5.13 Å². The highest BCUT2D eigenvalue weighted by molar-refractivity contribution is 7.15. The summed E-state index contributed by atoms with van der Waals surface area (Å²) >= 11 is 1.63. The van der Waals surface area contributed by atoms with Crippen LogP contribution in [0, 0.1) is 0 Å². The van der Waals surface area contributed by atoms with Crippen molar-refractivity contribution in [1.82, 2.24) is 4.98 Å². The summed E-state index contributed by atoms with van der Waals surface area (Å²) in [7, 11) is 0. The quantitative estimate of drug-likeness (QED) is 0.832. The Morgan fingerprint density at radius 2 is 2.43 bits per heavy atom. The van der Waals surface area contributed by atoms with Crippen molar-refractivity contribution in [2.24, 2.45) is 0 Å². The van der Waals surface area contributed by atoms with Gasteiger partial charge < -0.3 is 5.32 Å². The molecule has 1 amide bonds. The van der Waals surface area contributed by atoms with Crippen LogP contribution in [0.1, 0.15) is 36.8 Å². The molecule has 0 unspecified atom stereocenters. The first-order chi connectivity index (χ1) is 6.79. The zero-order valence-electron chi connectivity index (χ0n) is 8.30. The molecule has 1 N–H and O–H groups in total. The van der Waals surface area contributed by atoms with Crippen molar-refractivity contribution in [1.29, 1.82) is 0 Å². The van der Waals surface area contributed by atoms with Crippen molar-refractivity contribution in [3.63, 3.8) is 0 Å². The third-order valence-electron chi connectivity index (χ3n) is 2.32. The Labute approximate surface area is 87.6 Å². The molecule has 0 atom stereocenters. The average Bonchev–Trinajstić information content (AvgIpc) is 2.63. The molecule has 1 aliphatic rings. The summed E-state index contributed by atoms with van der Waals surface area (Å²) in [4.78, 5) is 17.1. The Morgan fingerprint density at radius 3 is 3.14 bits per heavy atom. The number of hydrogen-bond acceptors (Lipinski definition) is 3. The van der Waals surface area contributed by atoms with Crippen molar-refractivity contribution in [3.05, 3.63) is 10.6 Å². The summed E-state index contributed by atoms with van der Waals surface area (Å²) in [6, 6.07) is 0. The molecule has 0 saturated heterocycles. The van der Waals surface area contributed by atoms with Gasteiger partial charge in [-0.25, -0.2) is 4.98 Å². The highest BCUT2D eigenvalue weighted by Gasteiger charge is 2.17. The molecule has 1 aromatic heterocycles. The van der Waals surface area contributed by atoms with Crippen molar-refractivity contribution < 1.29 is 4.79 Å². The molecule has 0 radical (unpaired) electrons. The van der Waals surface area contributed by atoms with E-state index in [1.807, 2.05) is 6.92 Å². The summed E-state index contributed by atoms with van der Waals surface area (Å²) in [5, 5.41) is 3.63. The number of aryl methyl sites for hydroxylation is 2. The molecule has 0 bridgehead atoms. The van der Waals surface area contributed by atoms with E-state index in [1.54, 1.807) is 11.3 Å². The second kappa shape index (κ2) is 4.09. The van der Waals surface area contributed by atoms with Crippen molar-refractivity contribution in [2.75, 3.05) is 5.32 Å². The number of carbonyl (C=O) groups is 1. The third kappa shape index (κ3) is 1.95. The fourth-order valence-corrected chi connectivity index (χ4v) is 2.72. The lowest BCUT2D eigenvalue weighted by molar-refractivity contribution is -0.116. The predicted molar refractivity (Wildman–Crippen MR) is 57.7 cm³/mol. The molecule has 1 heterocycles. The zero-order chi connectivity index (χ0) is 9.97. The number of fused-ring (bicyclic) bond motifs is 1. The topological polar surface area (TPSA) is 42.0 Å². The molecule has 14 heavy (non-hydrogen) atoms. The van der Waals surface area contributed by atoms with Crippen LogP contribution in [0.2, 0.25) is 0 Å². The normalized spacial score (nSPS) is 14.1. The minimum Gasteiger partial charge on any atom is -0.302 e. The lowest BCUT2D eigenvalue weighted by atomic mass is 10.3. The fourth-order valence-electron chi connectivity index (χ4n) is 1.65. The third-order valence-corrected chi connectivity index (χ3v) is 3.39. The molecule has 0 aromatic carbocycles. The zero-order valence-corrected chi connectivity index (χ0v) is 9.12. The van der Waals surface area contributed by atoms with Gasteiger partial charge in [0, 0.05) is 11.3 Å². The Bertz CT molecular complexity index is 324. The number of carbonyl (C=O) groups excluding carboxylic acids is 1. The fraction of sp³-hybridized carbons (Fsp3) is 0.600. The number of thiazole rings is 1. The van der Waals surface area contributed by atoms with Gasteiger partial charge in [0.1, 0.15) is 0 Å². The van der Waals surface area contributed by atoms with Crippen LogP contribution in [-0.2, 0) is 17.6 Å². The predicted octanol–water partition coefficient (Wildman–Crippen LogP) is 2.37. The van der Waals surface area contributed by atoms with Gasteiger partial charge in [-0.2, -0.15) is 0 Å². The molecule has 2 rings (SSSR count). The second-order valence-corrected chi connectivity index (χ2v) is 4.62. The highest BCUT2D eigenvalue weighted by atomic mass is 32.1. The minimum absolute atomic E-state index is 0.0833. The van der Waals surface area contributed by atoms with Crippen LogP contribution in [0.3, 0.4) is 0 Å². The number of amides is 1. The van der Waals surface area contributed by atoms with E-state index in [-0.39, 0.29) is 5.91 Å². The molecule has 1 aliphatic carbocycles. The number of rotatable bonds is 3. The first kappa shape index (κ1) is 9.65. The average molecular weight is 210 g/mol. The van der Waals surface area contributed by atoms with Crippen LogP contribution < -0.4 is 5.32 Å². The molecular formula is C10H14N2OS.